The van der Waals surface area contributed by atoms with Crippen molar-refractivity contribution in [1.29, 1.82) is 0 Å². The minimum absolute atomic E-state index is 0.0450. The van der Waals surface area contributed by atoms with Crippen molar-refractivity contribution in [3.8, 4) is 0 Å². The van der Waals surface area contributed by atoms with Crippen molar-refractivity contribution in [2.45, 2.75) is 51.7 Å². The molecule has 4 heteroatoms. The van der Waals surface area contributed by atoms with Gasteiger partial charge >= 0.3 is 0 Å². The van der Waals surface area contributed by atoms with Gasteiger partial charge in [-0.1, -0.05) is 97.9 Å². The number of nitrogens with one attached hydrogen (secondary N) is 1. The number of hydrogen-bond acceptors (Lipinski definition) is 2. The van der Waals surface area contributed by atoms with Crippen LogP contribution in [-0.4, -0.2) is 28.8 Å². The van der Waals surface area contributed by atoms with Crippen molar-refractivity contribution in [1.82, 2.24) is 10.2 Å². The molecule has 0 aliphatic rings. The third kappa shape index (κ3) is 6.81. The Hall–Kier alpha value is -3.40. The molecular formula is C28H32N2O2. The van der Waals surface area contributed by atoms with Crippen LogP contribution in [0.15, 0.2) is 91.0 Å². The van der Waals surface area contributed by atoms with Gasteiger partial charge in [0.15, 0.2) is 0 Å². The Bertz CT molecular complexity index is 974. The number of rotatable bonds is 10. The summed E-state index contributed by atoms with van der Waals surface area (Å²) in [5.41, 5.74) is 2.97. The van der Waals surface area contributed by atoms with Crippen LogP contribution in [0.3, 0.4) is 0 Å². The summed E-state index contributed by atoms with van der Waals surface area (Å²) < 4.78 is 0. The van der Waals surface area contributed by atoms with Crippen LogP contribution in [0.5, 0.6) is 0 Å². The second-order valence-electron chi connectivity index (χ2n) is 8.19. The Kier molecular flexibility index (Phi) is 8.61. The molecule has 2 amide bonds. The van der Waals surface area contributed by atoms with Gasteiger partial charge in [0.25, 0.3) is 0 Å². The summed E-state index contributed by atoms with van der Waals surface area (Å²) in [6.07, 6.45) is 1.56. The van der Waals surface area contributed by atoms with Gasteiger partial charge in [-0.05, 0) is 30.0 Å². The van der Waals surface area contributed by atoms with Crippen molar-refractivity contribution >= 4 is 11.8 Å². The summed E-state index contributed by atoms with van der Waals surface area (Å²) in [5.74, 6) is -0.166. The third-order valence-corrected chi connectivity index (χ3v) is 5.67. The molecule has 0 radical (unpaired) electrons. The van der Waals surface area contributed by atoms with Crippen molar-refractivity contribution < 1.29 is 9.59 Å². The summed E-state index contributed by atoms with van der Waals surface area (Å²) in [4.78, 5) is 28.7. The van der Waals surface area contributed by atoms with E-state index in [-0.39, 0.29) is 24.3 Å². The van der Waals surface area contributed by atoms with E-state index in [1.54, 1.807) is 4.90 Å². The van der Waals surface area contributed by atoms with Gasteiger partial charge in [0.05, 0.1) is 6.42 Å². The predicted octanol–water partition coefficient (Wildman–Crippen LogP) is 4.78. The Morgan fingerprint density at radius 1 is 0.781 bits per heavy atom. The topological polar surface area (TPSA) is 49.4 Å². The first-order chi connectivity index (χ1) is 15.6. The summed E-state index contributed by atoms with van der Waals surface area (Å²) in [6, 6.07) is 28.9. The lowest BCUT2D eigenvalue weighted by Crippen LogP contribution is -2.52. The standard InChI is InChI=1S/C28H32N2O2/c1-3-22(2)29-28(32)26(19-23-13-7-4-8-14-23)30(21-25-17-11-6-12-18-25)27(31)20-24-15-9-5-10-16-24/h4-18,22,26H,3,19-21H2,1-2H3,(H,29,32)/t22-,26+/m1/s1. The van der Waals surface area contributed by atoms with E-state index >= 15 is 0 Å². The molecule has 3 aromatic rings. The van der Waals surface area contributed by atoms with Gasteiger partial charge in [0.1, 0.15) is 6.04 Å². The van der Waals surface area contributed by atoms with Crippen LogP contribution in [0.2, 0.25) is 0 Å². The lowest BCUT2D eigenvalue weighted by molar-refractivity contribution is -0.141. The van der Waals surface area contributed by atoms with Crippen molar-refractivity contribution in [2.24, 2.45) is 0 Å². The van der Waals surface area contributed by atoms with E-state index in [0.717, 1.165) is 23.1 Å². The second kappa shape index (κ2) is 11.8. The Labute approximate surface area is 191 Å². The average Bonchev–Trinajstić information content (AvgIpc) is 2.83. The number of hydrogen-bond donors (Lipinski definition) is 1. The normalized spacial score (nSPS) is 12.6. The summed E-state index contributed by atoms with van der Waals surface area (Å²) >= 11 is 0. The zero-order valence-corrected chi connectivity index (χ0v) is 18.9. The molecule has 1 N–H and O–H groups in total. The van der Waals surface area contributed by atoms with Gasteiger partial charge in [-0.15, -0.1) is 0 Å². The predicted molar refractivity (Wildman–Crippen MR) is 129 cm³/mol. The molecule has 0 aliphatic heterocycles. The highest BCUT2D eigenvalue weighted by Crippen LogP contribution is 2.17. The van der Waals surface area contributed by atoms with Gasteiger partial charge in [-0.2, -0.15) is 0 Å². The molecule has 0 fully saturated rings. The van der Waals surface area contributed by atoms with E-state index in [9.17, 15) is 9.59 Å². The fourth-order valence-corrected chi connectivity index (χ4v) is 3.65. The Balaban J connectivity index is 1.93. The Morgan fingerprint density at radius 3 is 1.81 bits per heavy atom. The molecule has 4 nitrogen and oxygen atoms in total. The smallest absolute Gasteiger partial charge is 0.243 e. The minimum atomic E-state index is -0.595. The molecule has 0 unspecified atom stereocenters. The van der Waals surface area contributed by atoms with Gasteiger partial charge in [-0.3, -0.25) is 9.59 Å². The molecule has 0 spiro atoms. The van der Waals surface area contributed by atoms with Gasteiger partial charge in [0, 0.05) is 19.0 Å². The van der Waals surface area contributed by atoms with Crippen LogP contribution in [0.25, 0.3) is 0 Å². The Morgan fingerprint density at radius 2 is 1.28 bits per heavy atom. The van der Waals surface area contributed by atoms with Crippen LogP contribution < -0.4 is 5.32 Å². The van der Waals surface area contributed by atoms with E-state index in [0.29, 0.717) is 13.0 Å². The second-order valence-corrected chi connectivity index (χ2v) is 8.19. The van der Waals surface area contributed by atoms with Crippen molar-refractivity contribution in [3.63, 3.8) is 0 Å². The van der Waals surface area contributed by atoms with Gasteiger partial charge in [-0.25, -0.2) is 0 Å². The van der Waals surface area contributed by atoms with Crippen LogP contribution in [0, 0.1) is 0 Å². The SMILES string of the molecule is CC[C@@H](C)NC(=O)[C@H](Cc1ccccc1)N(Cc1ccccc1)C(=O)Cc1ccccc1. The molecular weight excluding hydrogens is 396 g/mol. The maximum atomic E-state index is 13.6. The number of carbonyl (C=O) groups is 2. The van der Waals surface area contributed by atoms with Gasteiger partial charge < -0.3 is 10.2 Å². The third-order valence-electron chi connectivity index (χ3n) is 5.67. The number of nitrogens with zero attached hydrogens (tertiary/aromatic N) is 1. The molecule has 0 heterocycles. The van der Waals surface area contributed by atoms with E-state index in [1.807, 2.05) is 105 Å². The molecule has 0 bridgehead atoms. The van der Waals surface area contributed by atoms with Crippen molar-refractivity contribution in [2.75, 3.05) is 0 Å². The highest BCUT2D eigenvalue weighted by Gasteiger charge is 2.30. The molecule has 0 aliphatic carbocycles. The molecule has 32 heavy (non-hydrogen) atoms. The van der Waals surface area contributed by atoms with Crippen LogP contribution in [0.1, 0.15) is 37.0 Å². The highest BCUT2D eigenvalue weighted by molar-refractivity contribution is 5.89. The first-order valence-corrected chi connectivity index (χ1v) is 11.3. The molecule has 3 aromatic carbocycles. The lowest BCUT2D eigenvalue weighted by Gasteiger charge is -2.32. The summed E-state index contributed by atoms with van der Waals surface area (Å²) in [5, 5.41) is 3.10. The number of benzene rings is 3. The molecule has 0 aromatic heterocycles. The quantitative estimate of drug-likeness (QED) is 0.505. The molecule has 3 rings (SSSR count). The maximum Gasteiger partial charge on any atom is 0.243 e. The summed E-state index contributed by atoms with van der Waals surface area (Å²) in [6.45, 7) is 4.42. The minimum Gasteiger partial charge on any atom is -0.352 e. The molecule has 0 saturated heterocycles. The fourth-order valence-electron chi connectivity index (χ4n) is 3.65. The molecule has 0 saturated carbocycles. The van der Waals surface area contributed by atoms with Crippen LogP contribution in [-0.2, 0) is 29.0 Å². The largest absolute Gasteiger partial charge is 0.352 e. The van der Waals surface area contributed by atoms with Crippen molar-refractivity contribution in [3.05, 3.63) is 108 Å². The average molecular weight is 429 g/mol. The monoisotopic (exact) mass is 428 g/mol. The maximum absolute atomic E-state index is 13.6. The van der Waals surface area contributed by atoms with E-state index < -0.39 is 6.04 Å². The first kappa shape index (κ1) is 23.3. The lowest BCUT2D eigenvalue weighted by atomic mass is 10.0. The van der Waals surface area contributed by atoms with E-state index in [1.165, 1.54) is 0 Å². The first-order valence-electron chi connectivity index (χ1n) is 11.3. The van der Waals surface area contributed by atoms with E-state index in [2.05, 4.69) is 5.32 Å². The molecule has 166 valence electrons. The fraction of sp³-hybridized carbons (Fsp3) is 0.286. The number of amides is 2. The molecule has 2 atom stereocenters. The number of carbonyl (C=O) groups excluding carboxylic acids is 2. The zero-order chi connectivity index (χ0) is 22.8. The van der Waals surface area contributed by atoms with E-state index in [4.69, 9.17) is 0 Å². The summed E-state index contributed by atoms with van der Waals surface area (Å²) in [7, 11) is 0. The van der Waals surface area contributed by atoms with Crippen LogP contribution in [0.4, 0.5) is 0 Å². The highest BCUT2D eigenvalue weighted by atomic mass is 16.2. The van der Waals surface area contributed by atoms with Gasteiger partial charge in [0.2, 0.25) is 11.8 Å². The zero-order valence-electron chi connectivity index (χ0n) is 18.9. The van der Waals surface area contributed by atoms with Crippen LogP contribution >= 0.6 is 0 Å².